The van der Waals surface area contributed by atoms with Crippen LogP contribution in [0.25, 0.3) is 10.9 Å². The van der Waals surface area contributed by atoms with Gasteiger partial charge >= 0.3 is 0 Å². The minimum Gasteiger partial charge on any atom is -0.323 e. The van der Waals surface area contributed by atoms with E-state index in [2.05, 4.69) is 10.4 Å². The fourth-order valence-electron chi connectivity index (χ4n) is 1.69. The quantitative estimate of drug-likeness (QED) is 0.594. The van der Waals surface area contributed by atoms with Gasteiger partial charge in [0.1, 0.15) is 5.52 Å². The predicted octanol–water partition coefficient (Wildman–Crippen LogP) is 2.93. The van der Waals surface area contributed by atoms with Gasteiger partial charge in [-0.2, -0.15) is 0 Å². The van der Waals surface area contributed by atoms with Crippen LogP contribution in [0.3, 0.4) is 0 Å². The Labute approximate surface area is 97.4 Å². The SMILES string of the molecule is Cc1nc2c(F)cc(Cl)cc2c(NN)c1C. The van der Waals surface area contributed by atoms with Crippen LogP contribution < -0.4 is 11.3 Å². The number of anilines is 1. The second kappa shape index (κ2) is 3.88. The summed E-state index contributed by atoms with van der Waals surface area (Å²) in [4.78, 5) is 4.20. The van der Waals surface area contributed by atoms with Crippen LogP contribution in [0, 0.1) is 19.7 Å². The molecule has 2 rings (SSSR count). The lowest BCUT2D eigenvalue weighted by molar-refractivity contribution is 0.636. The summed E-state index contributed by atoms with van der Waals surface area (Å²) in [5.41, 5.74) is 5.13. The van der Waals surface area contributed by atoms with E-state index in [9.17, 15) is 4.39 Å². The number of nitrogens with one attached hydrogen (secondary N) is 1. The van der Waals surface area contributed by atoms with E-state index in [0.717, 1.165) is 11.3 Å². The molecule has 0 bridgehead atoms. The van der Waals surface area contributed by atoms with E-state index in [0.29, 0.717) is 16.1 Å². The molecule has 84 valence electrons. The molecule has 0 atom stereocenters. The monoisotopic (exact) mass is 239 g/mol. The number of nitrogens with zero attached hydrogens (tertiary/aromatic N) is 1. The Kier molecular flexibility index (Phi) is 2.69. The second-order valence-electron chi connectivity index (χ2n) is 3.63. The van der Waals surface area contributed by atoms with Crippen molar-refractivity contribution in [1.82, 2.24) is 4.98 Å². The molecule has 5 heteroatoms. The van der Waals surface area contributed by atoms with Crippen LogP contribution in [-0.4, -0.2) is 4.98 Å². The maximum absolute atomic E-state index is 13.7. The highest BCUT2D eigenvalue weighted by molar-refractivity contribution is 6.31. The Hall–Kier alpha value is -1.39. The third kappa shape index (κ3) is 1.60. The molecule has 1 aromatic heterocycles. The number of rotatable bonds is 1. The van der Waals surface area contributed by atoms with Crippen molar-refractivity contribution in [2.24, 2.45) is 5.84 Å². The molecule has 0 unspecified atom stereocenters. The summed E-state index contributed by atoms with van der Waals surface area (Å²) < 4.78 is 13.7. The molecule has 1 heterocycles. The van der Waals surface area contributed by atoms with Crippen molar-refractivity contribution < 1.29 is 4.39 Å². The summed E-state index contributed by atoms with van der Waals surface area (Å²) in [5, 5.41) is 0.919. The van der Waals surface area contributed by atoms with E-state index >= 15 is 0 Å². The van der Waals surface area contributed by atoms with Crippen molar-refractivity contribution in [2.75, 3.05) is 5.43 Å². The first-order valence-electron chi connectivity index (χ1n) is 4.77. The van der Waals surface area contributed by atoms with Gasteiger partial charge < -0.3 is 5.43 Å². The fraction of sp³-hybridized carbons (Fsp3) is 0.182. The average Bonchev–Trinajstić information content (AvgIpc) is 2.22. The third-order valence-corrected chi connectivity index (χ3v) is 2.86. The maximum atomic E-state index is 13.7. The molecule has 0 aliphatic carbocycles. The first-order valence-corrected chi connectivity index (χ1v) is 5.15. The lowest BCUT2D eigenvalue weighted by Gasteiger charge is -2.12. The van der Waals surface area contributed by atoms with Gasteiger partial charge in [0, 0.05) is 16.1 Å². The molecule has 16 heavy (non-hydrogen) atoms. The number of nitrogens with two attached hydrogens (primary N) is 1. The van der Waals surface area contributed by atoms with Crippen molar-refractivity contribution >= 4 is 28.2 Å². The zero-order chi connectivity index (χ0) is 11.9. The van der Waals surface area contributed by atoms with E-state index in [4.69, 9.17) is 17.4 Å². The second-order valence-corrected chi connectivity index (χ2v) is 4.06. The van der Waals surface area contributed by atoms with Gasteiger partial charge in [0.05, 0.1) is 5.69 Å². The van der Waals surface area contributed by atoms with Gasteiger partial charge in [-0.15, -0.1) is 0 Å². The largest absolute Gasteiger partial charge is 0.323 e. The van der Waals surface area contributed by atoms with Gasteiger partial charge in [0.25, 0.3) is 0 Å². The topological polar surface area (TPSA) is 50.9 Å². The number of nitrogen functional groups attached to an aromatic ring is 1. The van der Waals surface area contributed by atoms with Crippen molar-refractivity contribution in [3.63, 3.8) is 0 Å². The number of halogens is 2. The zero-order valence-electron chi connectivity index (χ0n) is 8.94. The summed E-state index contributed by atoms with van der Waals surface area (Å²) in [6.07, 6.45) is 0. The zero-order valence-corrected chi connectivity index (χ0v) is 9.69. The normalized spacial score (nSPS) is 10.8. The van der Waals surface area contributed by atoms with Gasteiger partial charge in [-0.1, -0.05) is 11.6 Å². The molecular weight excluding hydrogens is 229 g/mol. The number of benzene rings is 1. The summed E-state index contributed by atoms with van der Waals surface area (Å²) in [7, 11) is 0. The van der Waals surface area contributed by atoms with Gasteiger partial charge in [0.2, 0.25) is 0 Å². The Balaban J connectivity index is 2.96. The van der Waals surface area contributed by atoms with E-state index in [1.54, 1.807) is 6.07 Å². The van der Waals surface area contributed by atoms with Gasteiger partial charge in [-0.25, -0.2) is 9.37 Å². The average molecular weight is 240 g/mol. The van der Waals surface area contributed by atoms with Crippen LogP contribution in [-0.2, 0) is 0 Å². The molecule has 2 aromatic rings. The van der Waals surface area contributed by atoms with Gasteiger partial charge in [0.15, 0.2) is 5.82 Å². The summed E-state index contributed by atoms with van der Waals surface area (Å²) in [6, 6.07) is 2.89. The Morgan fingerprint density at radius 1 is 1.38 bits per heavy atom. The lowest BCUT2D eigenvalue weighted by atomic mass is 10.1. The highest BCUT2D eigenvalue weighted by Gasteiger charge is 2.12. The van der Waals surface area contributed by atoms with Crippen LogP contribution in [0.4, 0.5) is 10.1 Å². The standard InChI is InChI=1S/C11H11ClFN3/c1-5-6(2)15-11-8(10(5)16-14)3-7(12)4-9(11)13/h3-4H,14H2,1-2H3,(H,15,16). The number of hydrazine groups is 1. The lowest BCUT2D eigenvalue weighted by Crippen LogP contribution is -2.10. The molecule has 0 aliphatic heterocycles. The van der Waals surface area contributed by atoms with E-state index in [1.165, 1.54) is 6.07 Å². The molecule has 3 N–H and O–H groups in total. The summed E-state index contributed by atoms with van der Waals surface area (Å²) in [6.45, 7) is 3.68. The Morgan fingerprint density at radius 2 is 2.06 bits per heavy atom. The molecule has 1 aromatic carbocycles. The molecule has 0 aliphatic rings. The van der Waals surface area contributed by atoms with Gasteiger partial charge in [-0.3, -0.25) is 5.84 Å². The van der Waals surface area contributed by atoms with Crippen LogP contribution in [0.15, 0.2) is 12.1 Å². The molecule has 3 nitrogen and oxygen atoms in total. The summed E-state index contributed by atoms with van der Waals surface area (Å²) in [5.74, 6) is 5.00. The molecule has 0 saturated heterocycles. The molecule has 0 amide bonds. The van der Waals surface area contributed by atoms with Crippen LogP contribution in [0.1, 0.15) is 11.3 Å². The van der Waals surface area contributed by atoms with Crippen molar-refractivity contribution in [2.45, 2.75) is 13.8 Å². The van der Waals surface area contributed by atoms with E-state index in [-0.39, 0.29) is 5.52 Å². The van der Waals surface area contributed by atoms with E-state index < -0.39 is 5.82 Å². The number of hydrogen-bond acceptors (Lipinski definition) is 3. The van der Waals surface area contributed by atoms with Crippen LogP contribution in [0.2, 0.25) is 5.02 Å². The number of hydrogen-bond donors (Lipinski definition) is 2. The van der Waals surface area contributed by atoms with Crippen LogP contribution >= 0.6 is 11.6 Å². The Morgan fingerprint density at radius 3 is 2.69 bits per heavy atom. The summed E-state index contributed by atoms with van der Waals surface area (Å²) >= 11 is 5.81. The van der Waals surface area contributed by atoms with Crippen molar-refractivity contribution in [3.8, 4) is 0 Å². The number of aromatic nitrogens is 1. The highest BCUT2D eigenvalue weighted by atomic mass is 35.5. The molecule has 0 spiro atoms. The molecule has 0 saturated carbocycles. The number of pyridine rings is 1. The molecule has 0 radical (unpaired) electrons. The smallest absolute Gasteiger partial charge is 0.150 e. The first kappa shape index (κ1) is 11.1. The highest BCUT2D eigenvalue weighted by Crippen LogP contribution is 2.30. The molecular formula is C11H11ClFN3. The maximum Gasteiger partial charge on any atom is 0.150 e. The van der Waals surface area contributed by atoms with E-state index in [1.807, 2.05) is 13.8 Å². The van der Waals surface area contributed by atoms with Gasteiger partial charge in [-0.05, 0) is 31.5 Å². The number of aryl methyl sites for hydroxylation is 1. The Bertz CT molecular complexity index is 569. The fourth-order valence-corrected chi connectivity index (χ4v) is 1.90. The number of fused-ring (bicyclic) bond motifs is 1. The van der Waals surface area contributed by atoms with Crippen LogP contribution in [0.5, 0.6) is 0 Å². The minimum absolute atomic E-state index is 0.278. The predicted molar refractivity (Wildman–Crippen MR) is 64.0 cm³/mol. The first-order chi connectivity index (χ1) is 7.54. The minimum atomic E-state index is -0.442. The van der Waals surface area contributed by atoms with Crippen molar-refractivity contribution in [1.29, 1.82) is 0 Å². The molecule has 0 fully saturated rings. The third-order valence-electron chi connectivity index (χ3n) is 2.64. The van der Waals surface area contributed by atoms with Crippen molar-refractivity contribution in [3.05, 3.63) is 34.2 Å².